The molecule has 1 heterocycles. The summed E-state index contributed by atoms with van der Waals surface area (Å²) in [5.41, 5.74) is 1.99. The first-order valence-electron chi connectivity index (χ1n) is 6.72. The Morgan fingerprint density at radius 2 is 2.11 bits per heavy atom. The van der Waals surface area contributed by atoms with Gasteiger partial charge < -0.3 is 5.32 Å². The van der Waals surface area contributed by atoms with Crippen molar-refractivity contribution in [3.63, 3.8) is 0 Å². The molecule has 1 saturated heterocycles. The average Bonchev–Trinajstić information content (AvgIpc) is 2.87. The van der Waals surface area contributed by atoms with Crippen molar-refractivity contribution in [2.75, 3.05) is 13.6 Å². The molecule has 1 aromatic rings. The Kier molecular flexibility index (Phi) is 4.02. The highest BCUT2D eigenvalue weighted by Crippen LogP contribution is 2.35. The number of carbonyl (C=O) groups is 1. The molecule has 0 aromatic heterocycles. The van der Waals surface area contributed by atoms with Gasteiger partial charge in [-0.3, -0.25) is 9.69 Å². The second-order valence-electron chi connectivity index (χ2n) is 5.16. The fraction of sp³-hybridized carbons (Fsp3) is 0.533. The quantitative estimate of drug-likeness (QED) is 0.889. The van der Waals surface area contributed by atoms with Crippen molar-refractivity contribution < 1.29 is 4.79 Å². The van der Waals surface area contributed by atoms with Crippen LogP contribution in [0, 0.1) is 0 Å². The molecule has 1 aliphatic heterocycles. The molecule has 0 aliphatic carbocycles. The predicted molar refractivity (Wildman–Crippen MR) is 73.6 cm³/mol. The van der Waals surface area contributed by atoms with E-state index in [2.05, 4.69) is 30.1 Å². The van der Waals surface area contributed by atoms with Gasteiger partial charge in [-0.1, -0.05) is 18.2 Å². The summed E-state index contributed by atoms with van der Waals surface area (Å²) in [5, 5.41) is 2.73. The van der Waals surface area contributed by atoms with Crippen molar-refractivity contribution in [1.82, 2.24) is 10.2 Å². The van der Waals surface area contributed by atoms with Gasteiger partial charge in [0.05, 0.1) is 0 Å². The molecule has 1 atom stereocenters. The fourth-order valence-corrected chi connectivity index (χ4v) is 2.87. The summed E-state index contributed by atoms with van der Waals surface area (Å²) >= 11 is 0. The predicted octanol–water partition coefficient (Wildman–Crippen LogP) is 2.59. The number of likely N-dealkylation sites (tertiary alicyclic amines) is 1. The van der Waals surface area contributed by atoms with Crippen LogP contribution in [-0.2, 0) is 0 Å². The van der Waals surface area contributed by atoms with E-state index in [0.717, 1.165) is 18.5 Å². The fourth-order valence-electron chi connectivity index (χ4n) is 2.87. The Labute approximate surface area is 109 Å². The molecule has 0 bridgehead atoms. The number of benzene rings is 1. The van der Waals surface area contributed by atoms with Crippen molar-refractivity contribution in [3.8, 4) is 0 Å². The van der Waals surface area contributed by atoms with Crippen LogP contribution in [0.3, 0.4) is 0 Å². The van der Waals surface area contributed by atoms with Gasteiger partial charge in [0, 0.05) is 24.7 Å². The van der Waals surface area contributed by atoms with Crippen LogP contribution in [0.2, 0.25) is 0 Å². The lowest BCUT2D eigenvalue weighted by atomic mass is 9.97. The summed E-state index contributed by atoms with van der Waals surface area (Å²) in [4.78, 5) is 14.4. The lowest BCUT2D eigenvalue weighted by Crippen LogP contribution is -2.31. The maximum atomic E-state index is 11.9. The normalized spacial score (nSPS) is 20.3. The molecule has 18 heavy (non-hydrogen) atoms. The van der Waals surface area contributed by atoms with Crippen LogP contribution < -0.4 is 5.32 Å². The molecule has 1 N–H and O–H groups in total. The highest BCUT2D eigenvalue weighted by atomic mass is 16.1. The van der Waals surface area contributed by atoms with Crippen molar-refractivity contribution in [3.05, 3.63) is 35.4 Å². The van der Waals surface area contributed by atoms with E-state index in [0.29, 0.717) is 12.1 Å². The third-order valence-corrected chi connectivity index (χ3v) is 3.75. The number of nitrogens with one attached hydrogen (secondary N) is 1. The number of carbonyl (C=O) groups excluding carboxylic acids is 1. The van der Waals surface area contributed by atoms with Crippen LogP contribution in [0.1, 0.15) is 48.7 Å². The van der Waals surface area contributed by atoms with Crippen LogP contribution in [0.5, 0.6) is 0 Å². The summed E-state index contributed by atoms with van der Waals surface area (Å²) in [6.45, 7) is 5.58. The van der Waals surface area contributed by atoms with Gasteiger partial charge in [-0.25, -0.2) is 0 Å². The van der Waals surface area contributed by atoms with E-state index >= 15 is 0 Å². The number of hydrogen-bond acceptors (Lipinski definition) is 2. The highest BCUT2D eigenvalue weighted by Gasteiger charge is 2.30. The van der Waals surface area contributed by atoms with Crippen LogP contribution in [-0.4, -0.2) is 30.4 Å². The molecule has 2 rings (SSSR count). The maximum Gasteiger partial charge on any atom is 0.251 e. The minimum atomic E-state index is 0.0150. The SMILES string of the molecule is CNC(=O)c1ccccc1C1CCCN1C(C)C. The first kappa shape index (κ1) is 13.1. The molecule has 1 aliphatic rings. The van der Waals surface area contributed by atoms with E-state index in [-0.39, 0.29) is 5.91 Å². The average molecular weight is 246 g/mol. The Balaban J connectivity index is 2.35. The molecule has 1 fully saturated rings. The summed E-state index contributed by atoms with van der Waals surface area (Å²) < 4.78 is 0. The van der Waals surface area contributed by atoms with Crippen LogP contribution >= 0.6 is 0 Å². The Morgan fingerprint density at radius 3 is 2.78 bits per heavy atom. The number of rotatable bonds is 3. The van der Waals surface area contributed by atoms with Crippen molar-refractivity contribution in [1.29, 1.82) is 0 Å². The molecule has 3 heteroatoms. The topological polar surface area (TPSA) is 32.3 Å². The van der Waals surface area contributed by atoms with Crippen LogP contribution in [0.15, 0.2) is 24.3 Å². The molecule has 1 unspecified atom stereocenters. The van der Waals surface area contributed by atoms with Crippen LogP contribution in [0.4, 0.5) is 0 Å². The van der Waals surface area contributed by atoms with E-state index < -0.39 is 0 Å². The summed E-state index contributed by atoms with van der Waals surface area (Å²) in [6, 6.07) is 8.89. The van der Waals surface area contributed by atoms with Gasteiger partial charge in [-0.15, -0.1) is 0 Å². The summed E-state index contributed by atoms with van der Waals surface area (Å²) in [6.07, 6.45) is 2.36. The summed E-state index contributed by atoms with van der Waals surface area (Å²) in [5.74, 6) is 0.0150. The number of amides is 1. The minimum Gasteiger partial charge on any atom is -0.355 e. The molecule has 0 spiro atoms. The van der Waals surface area contributed by atoms with Crippen molar-refractivity contribution in [2.24, 2.45) is 0 Å². The van der Waals surface area contributed by atoms with Gasteiger partial charge >= 0.3 is 0 Å². The first-order chi connectivity index (χ1) is 8.65. The number of nitrogens with zero attached hydrogens (tertiary/aromatic N) is 1. The van der Waals surface area contributed by atoms with Gasteiger partial charge in [-0.2, -0.15) is 0 Å². The smallest absolute Gasteiger partial charge is 0.251 e. The van der Waals surface area contributed by atoms with E-state index in [1.54, 1.807) is 7.05 Å². The van der Waals surface area contributed by atoms with E-state index in [1.807, 2.05) is 18.2 Å². The third-order valence-electron chi connectivity index (χ3n) is 3.75. The van der Waals surface area contributed by atoms with Gasteiger partial charge in [0.1, 0.15) is 0 Å². The van der Waals surface area contributed by atoms with Crippen LogP contribution in [0.25, 0.3) is 0 Å². The van der Waals surface area contributed by atoms with E-state index in [9.17, 15) is 4.79 Å². The van der Waals surface area contributed by atoms with Gasteiger partial charge in [0.25, 0.3) is 5.91 Å². The second kappa shape index (κ2) is 5.53. The van der Waals surface area contributed by atoms with Crippen molar-refractivity contribution in [2.45, 2.75) is 38.8 Å². The van der Waals surface area contributed by atoms with Gasteiger partial charge in [0.2, 0.25) is 0 Å². The lowest BCUT2D eigenvalue weighted by molar-refractivity contribution is 0.0959. The molecule has 0 saturated carbocycles. The standard InChI is InChI=1S/C15H22N2O/c1-11(2)17-10-6-9-14(17)12-7-4-5-8-13(12)15(18)16-3/h4-5,7-8,11,14H,6,9-10H2,1-3H3,(H,16,18). The third kappa shape index (κ3) is 2.41. The zero-order valence-corrected chi connectivity index (χ0v) is 11.4. The maximum absolute atomic E-state index is 11.9. The van der Waals surface area contributed by atoms with Crippen molar-refractivity contribution >= 4 is 5.91 Å². The Morgan fingerprint density at radius 1 is 1.39 bits per heavy atom. The van der Waals surface area contributed by atoms with Gasteiger partial charge in [-0.05, 0) is 44.9 Å². The Hall–Kier alpha value is -1.35. The molecular weight excluding hydrogens is 224 g/mol. The van der Waals surface area contributed by atoms with Gasteiger partial charge in [0.15, 0.2) is 0 Å². The van der Waals surface area contributed by atoms with E-state index in [1.165, 1.54) is 12.0 Å². The summed E-state index contributed by atoms with van der Waals surface area (Å²) in [7, 11) is 1.69. The molecule has 0 radical (unpaired) electrons. The monoisotopic (exact) mass is 246 g/mol. The molecule has 3 nitrogen and oxygen atoms in total. The largest absolute Gasteiger partial charge is 0.355 e. The molecular formula is C15H22N2O. The first-order valence-corrected chi connectivity index (χ1v) is 6.72. The zero-order valence-electron chi connectivity index (χ0n) is 11.4. The Bertz CT molecular complexity index is 428. The highest BCUT2D eigenvalue weighted by molar-refractivity contribution is 5.95. The zero-order chi connectivity index (χ0) is 13.1. The molecule has 1 aromatic carbocycles. The number of hydrogen-bond donors (Lipinski definition) is 1. The minimum absolute atomic E-state index is 0.0150. The molecule has 1 amide bonds. The second-order valence-corrected chi connectivity index (χ2v) is 5.16. The van der Waals surface area contributed by atoms with E-state index in [4.69, 9.17) is 0 Å². The lowest BCUT2D eigenvalue weighted by Gasteiger charge is -2.29. The molecule has 98 valence electrons.